The molecule has 4 rings (SSSR count). The van der Waals surface area contributed by atoms with Crippen molar-refractivity contribution in [2.45, 2.75) is 34.2 Å². The molecule has 0 atom stereocenters. The van der Waals surface area contributed by atoms with Gasteiger partial charge in [-0.15, -0.1) is 0 Å². The van der Waals surface area contributed by atoms with Crippen molar-refractivity contribution in [2.75, 3.05) is 6.61 Å². The second-order valence-corrected chi connectivity index (χ2v) is 7.95. The summed E-state index contributed by atoms with van der Waals surface area (Å²) in [6.07, 6.45) is 1.75. The van der Waals surface area contributed by atoms with Gasteiger partial charge in [0.05, 0.1) is 13.2 Å². The van der Waals surface area contributed by atoms with Crippen molar-refractivity contribution < 1.29 is 14.3 Å². The first-order valence-corrected chi connectivity index (χ1v) is 10.7. The first-order chi connectivity index (χ1) is 15.4. The second kappa shape index (κ2) is 8.75. The third kappa shape index (κ3) is 4.17. The molecule has 6 heteroatoms. The van der Waals surface area contributed by atoms with Crippen LogP contribution in [0.1, 0.15) is 35.0 Å². The van der Waals surface area contributed by atoms with Crippen LogP contribution in [0.25, 0.3) is 11.8 Å². The van der Waals surface area contributed by atoms with Crippen LogP contribution < -0.4 is 10.1 Å². The number of amides is 3. The summed E-state index contributed by atoms with van der Waals surface area (Å²) in [4.78, 5) is 26.6. The van der Waals surface area contributed by atoms with Gasteiger partial charge in [0, 0.05) is 17.1 Å². The second-order valence-electron chi connectivity index (χ2n) is 7.95. The SMILES string of the molecule is CCOc1ccc(-n2c(C)cc(/C=C3/NC(=O)N(Cc4ccc(C)cc4)C3=O)c2C)cc1. The fraction of sp³-hybridized carbons (Fsp3) is 0.231. The van der Waals surface area contributed by atoms with Crippen molar-refractivity contribution >= 4 is 18.0 Å². The monoisotopic (exact) mass is 429 g/mol. The third-order valence-corrected chi connectivity index (χ3v) is 5.60. The van der Waals surface area contributed by atoms with Crippen LogP contribution in [0.4, 0.5) is 4.79 Å². The van der Waals surface area contributed by atoms with Gasteiger partial charge in [-0.3, -0.25) is 9.69 Å². The Balaban J connectivity index is 1.58. The van der Waals surface area contributed by atoms with Crippen LogP contribution in [0, 0.1) is 20.8 Å². The van der Waals surface area contributed by atoms with Crippen LogP contribution >= 0.6 is 0 Å². The Morgan fingerprint density at radius 3 is 2.31 bits per heavy atom. The minimum absolute atomic E-state index is 0.244. The van der Waals surface area contributed by atoms with E-state index in [1.807, 2.05) is 82.3 Å². The molecule has 0 bridgehead atoms. The maximum Gasteiger partial charge on any atom is 0.329 e. The first-order valence-electron chi connectivity index (χ1n) is 10.7. The Morgan fingerprint density at radius 1 is 0.969 bits per heavy atom. The number of aryl methyl sites for hydroxylation is 2. The lowest BCUT2D eigenvalue weighted by Gasteiger charge is -2.12. The third-order valence-electron chi connectivity index (χ3n) is 5.60. The molecule has 0 saturated carbocycles. The van der Waals surface area contributed by atoms with E-state index in [9.17, 15) is 9.59 Å². The van der Waals surface area contributed by atoms with Crippen molar-refractivity contribution in [3.05, 3.63) is 88.4 Å². The number of ether oxygens (including phenoxy) is 1. The van der Waals surface area contributed by atoms with Crippen molar-refractivity contribution in [3.8, 4) is 11.4 Å². The minimum Gasteiger partial charge on any atom is -0.494 e. The molecule has 164 valence electrons. The number of carbonyl (C=O) groups is 2. The largest absolute Gasteiger partial charge is 0.494 e. The van der Waals surface area contributed by atoms with Gasteiger partial charge in [-0.1, -0.05) is 29.8 Å². The highest BCUT2D eigenvalue weighted by atomic mass is 16.5. The number of hydrogen-bond acceptors (Lipinski definition) is 3. The summed E-state index contributed by atoms with van der Waals surface area (Å²) >= 11 is 0. The van der Waals surface area contributed by atoms with Gasteiger partial charge >= 0.3 is 6.03 Å². The molecule has 3 amide bonds. The standard InChI is InChI=1S/C26H27N3O3/c1-5-32-23-12-10-22(11-13-23)29-18(3)14-21(19(29)4)15-24-25(30)28(26(31)27-24)16-20-8-6-17(2)7-9-20/h6-15H,5,16H2,1-4H3,(H,27,31)/b24-15+. The Labute approximate surface area is 188 Å². The highest BCUT2D eigenvalue weighted by Crippen LogP contribution is 2.25. The van der Waals surface area contributed by atoms with E-state index in [2.05, 4.69) is 9.88 Å². The Morgan fingerprint density at radius 2 is 1.66 bits per heavy atom. The quantitative estimate of drug-likeness (QED) is 0.448. The van der Waals surface area contributed by atoms with E-state index in [4.69, 9.17) is 4.74 Å². The normalized spacial score (nSPS) is 14.9. The van der Waals surface area contributed by atoms with E-state index in [1.165, 1.54) is 4.90 Å². The van der Waals surface area contributed by atoms with Gasteiger partial charge in [-0.05, 0) is 75.2 Å². The smallest absolute Gasteiger partial charge is 0.329 e. The van der Waals surface area contributed by atoms with Crippen LogP contribution in [-0.2, 0) is 11.3 Å². The summed E-state index contributed by atoms with van der Waals surface area (Å²) in [5.41, 5.74) is 6.25. The van der Waals surface area contributed by atoms with Gasteiger partial charge in [-0.2, -0.15) is 0 Å². The molecule has 0 aliphatic carbocycles. The zero-order valence-electron chi connectivity index (χ0n) is 18.8. The fourth-order valence-corrected chi connectivity index (χ4v) is 3.94. The summed E-state index contributed by atoms with van der Waals surface area (Å²) in [5.74, 6) is 0.510. The van der Waals surface area contributed by atoms with Gasteiger partial charge in [-0.25, -0.2) is 4.79 Å². The lowest BCUT2D eigenvalue weighted by atomic mass is 10.1. The molecule has 0 radical (unpaired) electrons. The molecular weight excluding hydrogens is 402 g/mol. The highest BCUT2D eigenvalue weighted by molar-refractivity contribution is 6.14. The van der Waals surface area contributed by atoms with Crippen molar-refractivity contribution in [3.63, 3.8) is 0 Å². The van der Waals surface area contributed by atoms with Gasteiger partial charge < -0.3 is 14.6 Å². The average Bonchev–Trinajstić information content (AvgIpc) is 3.20. The van der Waals surface area contributed by atoms with E-state index in [1.54, 1.807) is 6.08 Å². The topological polar surface area (TPSA) is 63.6 Å². The van der Waals surface area contributed by atoms with E-state index in [0.717, 1.165) is 39.5 Å². The predicted octanol–water partition coefficient (Wildman–Crippen LogP) is 4.89. The first kappa shape index (κ1) is 21.4. The zero-order chi connectivity index (χ0) is 22.8. The van der Waals surface area contributed by atoms with E-state index in [-0.39, 0.29) is 18.1 Å². The molecule has 2 aromatic carbocycles. The lowest BCUT2D eigenvalue weighted by Crippen LogP contribution is -2.30. The van der Waals surface area contributed by atoms with Crippen molar-refractivity contribution in [1.29, 1.82) is 0 Å². The number of rotatable bonds is 6. The highest BCUT2D eigenvalue weighted by Gasteiger charge is 2.33. The van der Waals surface area contributed by atoms with Crippen LogP contribution in [0.2, 0.25) is 0 Å². The van der Waals surface area contributed by atoms with E-state index >= 15 is 0 Å². The summed E-state index contributed by atoms with van der Waals surface area (Å²) in [6, 6.07) is 17.3. The fourth-order valence-electron chi connectivity index (χ4n) is 3.94. The van der Waals surface area contributed by atoms with Crippen LogP contribution in [0.3, 0.4) is 0 Å². The Bertz CT molecular complexity index is 1190. The molecule has 1 aliphatic rings. The van der Waals surface area contributed by atoms with Crippen molar-refractivity contribution in [1.82, 2.24) is 14.8 Å². The number of imide groups is 1. The van der Waals surface area contributed by atoms with Gasteiger partial charge in [0.15, 0.2) is 0 Å². The number of nitrogens with zero attached hydrogens (tertiary/aromatic N) is 2. The maximum atomic E-state index is 12.9. The minimum atomic E-state index is -0.401. The van der Waals surface area contributed by atoms with Gasteiger partial charge in [0.1, 0.15) is 11.4 Å². The number of urea groups is 1. The van der Waals surface area contributed by atoms with Crippen LogP contribution in [0.15, 0.2) is 60.3 Å². The number of benzene rings is 2. The number of aromatic nitrogens is 1. The Kier molecular flexibility index (Phi) is 5.86. The zero-order valence-corrected chi connectivity index (χ0v) is 18.8. The summed E-state index contributed by atoms with van der Waals surface area (Å²) in [5, 5.41) is 2.72. The molecule has 0 spiro atoms. The molecular formula is C26H27N3O3. The maximum absolute atomic E-state index is 12.9. The van der Waals surface area contributed by atoms with Gasteiger partial charge in [0.25, 0.3) is 5.91 Å². The predicted molar refractivity (Wildman–Crippen MR) is 125 cm³/mol. The number of carbonyl (C=O) groups excluding carboxylic acids is 2. The van der Waals surface area contributed by atoms with Crippen LogP contribution in [0.5, 0.6) is 5.75 Å². The average molecular weight is 430 g/mol. The Hall–Kier alpha value is -3.80. The van der Waals surface area contributed by atoms with Crippen molar-refractivity contribution in [2.24, 2.45) is 0 Å². The summed E-state index contributed by atoms with van der Waals surface area (Å²) in [7, 11) is 0. The molecule has 6 nitrogen and oxygen atoms in total. The van der Waals surface area contributed by atoms with Crippen LogP contribution in [-0.4, -0.2) is 28.0 Å². The molecule has 0 unspecified atom stereocenters. The molecule has 1 aromatic heterocycles. The van der Waals surface area contributed by atoms with Gasteiger partial charge in [0.2, 0.25) is 0 Å². The summed E-state index contributed by atoms with van der Waals surface area (Å²) in [6.45, 7) is 8.85. The number of nitrogens with one attached hydrogen (secondary N) is 1. The van der Waals surface area contributed by atoms with E-state index in [0.29, 0.717) is 6.61 Å². The molecule has 2 heterocycles. The molecule has 32 heavy (non-hydrogen) atoms. The summed E-state index contributed by atoms with van der Waals surface area (Å²) < 4.78 is 7.65. The molecule has 3 aromatic rings. The molecule has 1 aliphatic heterocycles. The molecule has 1 N–H and O–H groups in total. The molecule has 1 saturated heterocycles. The number of hydrogen-bond donors (Lipinski definition) is 1. The molecule has 1 fully saturated rings. The lowest BCUT2D eigenvalue weighted by molar-refractivity contribution is -0.123. The van der Waals surface area contributed by atoms with E-state index < -0.39 is 6.03 Å².